The van der Waals surface area contributed by atoms with Gasteiger partial charge in [0.2, 0.25) is 0 Å². The molecule has 3 rings (SSSR count). The molecule has 0 saturated carbocycles. The van der Waals surface area contributed by atoms with Crippen molar-refractivity contribution in [2.24, 2.45) is 5.92 Å². The van der Waals surface area contributed by atoms with Gasteiger partial charge in [0.15, 0.2) is 5.65 Å². The van der Waals surface area contributed by atoms with Gasteiger partial charge in [0.1, 0.15) is 11.3 Å². The van der Waals surface area contributed by atoms with Gasteiger partial charge < -0.3 is 9.64 Å². The van der Waals surface area contributed by atoms with Gasteiger partial charge in [0, 0.05) is 18.9 Å². The second-order valence-corrected chi connectivity index (χ2v) is 5.62. The van der Waals surface area contributed by atoms with E-state index in [4.69, 9.17) is 4.74 Å². The largest absolute Gasteiger partial charge is 0.377 e. The minimum absolute atomic E-state index is 0.394. The Labute approximate surface area is 119 Å². The molecule has 2 aromatic heterocycles. The van der Waals surface area contributed by atoms with Crippen LogP contribution in [0.1, 0.15) is 20.3 Å². The van der Waals surface area contributed by atoms with Crippen LogP contribution in [0.2, 0.25) is 0 Å². The van der Waals surface area contributed by atoms with Crippen LogP contribution in [0.4, 0.5) is 5.82 Å². The number of anilines is 1. The highest BCUT2D eigenvalue weighted by molar-refractivity contribution is 5.71. The third-order valence-corrected chi connectivity index (χ3v) is 3.58. The maximum Gasteiger partial charge on any atom is 0.180 e. The SMILES string of the molecule is CC(C)C[C@@H]1COCCN1c1ccc2nccnc2n1. The Morgan fingerprint density at radius 1 is 1.30 bits per heavy atom. The van der Waals surface area contributed by atoms with Crippen molar-refractivity contribution in [3.8, 4) is 0 Å². The van der Waals surface area contributed by atoms with E-state index in [1.54, 1.807) is 12.4 Å². The number of ether oxygens (including phenoxy) is 1. The summed E-state index contributed by atoms with van der Waals surface area (Å²) in [5.74, 6) is 1.62. The van der Waals surface area contributed by atoms with Crippen molar-refractivity contribution in [3.05, 3.63) is 24.5 Å². The molecule has 0 bridgehead atoms. The molecule has 5 heteroatoms. The van der Waals surface area contributed by atoms with Gasteiger partial charge in [0.25, 0.3) is 0 Å². The Bertz CT molecular complexity index is 587. The molecule has 0 aliphatic carbocycles. The number of pyridine rings is 1. The van der Waals surface area contributed by atoms with Crippen LogP contribution in [0.5, 0.6) is 0 Å². The fourth-order valence-corrected chi connectivity index (χ4v) is 2.70. The third kappa shape index (κ3) is 2.72. The standard InChI is InChI=1S/C15H20N4O/c1-11(2)9-12-10-20-8-7-19(12)14-4-3-13-15(18-14)17-6-5-16-13/h3-6,11-12H,7-10H2,1-2H3/t12-/m1/s1. The van der Waals surface area contributed by atoms with E-state index >= 15 is 0 Å². The first kappa shape index (κ1) is 13.2. The Morgan fingerprint density at radius 2 is 2.15 bits per heavy atom. The number of fused-ring (bicyclic) bond motifs is 1. The van der Waals surface area contributed by atoms with Crippen LogP contribution < -0.4 is 4.90 Å². The predicted octanol–water partition coefficient (Wildman–Crippen LogP) is 2.28. The molecule has 1 saturated heterocycles. The average Bonchev–Trinajstić information content (AvgIpc) is 2.47. The molecule has 20 heavy (non-hydrogen) atoms. The summed E-state index contributed by atoms with van der Waals surface area (Å²) < 4.78 is 5.62. The van der Waals surface area contributed by atoms with Crippen LogP contribution in [0, 0.1) is 5.92 Å². The van der Waals surface area contributed by atoms with E-state index in [0.717, 1.165) is 37.5 Å². The van der Waals surface area contributed by atoms with Gasteiger partial charge >= 0.3 is 0 Å². The number of aromatic nitrogens is 3. The zero-order valence-corrected chi connectivity index (χ0v) is 12.0. The van der Waals surface area contributed by atoms with Gasteiger partial charge in [0.05, 0.1) is 19.3 Å². The van der Waals surface area contributed by atoms with Crippen LogP contribution in [0.25, 0.3) is 11.2 Å². The smallest absolute Gasteiger partial charge is 0.180 e. The van der Waals surface area contributed by atoms with E-state index in [1.807, 2.05) is 12.1 Å². The fourth-order valence-electron chi connectivity index (χ4n) is 2.70. The van der Waals surface area contributed by atoms with E-state index in [0.29, 0.717) is 17.6 Å². The van der Waals surface area contributed by atoms with Crippen LogP contribution >= 0.6 is 0 Å². The highest BCUT2D eigenvalue weighted by Gasteiger charge is 2.25. The summed E-state index contributed by atoms with van der Waals surface area (Å²) >= 11 is 0. The summed E-state index contributed by atoms with van der Waals surface area (Å²) in [5, 5.41) is 0. The van der Waals surface area contributed by atoms with Crippen molar-refractivity contribution in [1.29, 1.82) is 0 Å². The number of nitrogens with zero attached hydrogens (tertiary/aromatic N) is 4. The number of rotatable bonds is 3. The average molecular weight is 272 g/mol. The summed E-state index contributed by atoms with van der Waals surface area (Å²) in [6.07, 6.45) is 4.49. The van der Waals surface area contributed by atoms with E-state index in [1.165, 1.54) is 0 Å². The maximum atomic E-state index is 5.62. The van der Waals surface area contributed by atoms with Gasteiger partial charge in [-0.15, -0.1) is 0 Å². The second-order valence-electron chi connectivity index (χ2n) is 5.62. The molecule has 1 atom stereocenters. The first-order chi connectivity index (χ1) is 9.74. The molecular weight excluding hydrogens is 252 g/mol. The molecule has 1 aliphatic rings. The normalized spacial score (nSPS) is 19.8. The fraction of sp³-hybridized carbons (Fsp3) is 0.533. The van der Waals surface area contributed by atoms with Crippen molar-refractivity contribution in [1.82, 2.24) is 15.0 Å². The van der Waals surface area contributed by atoms with Crippen LogP contribution in [0.3, 0.4) is 0 Å². The molecule has 0 aromatic carbocycles. The van der Waals surface area contributed by atoms with Crippen molar-refractivity contribution in [3.63, 3.8) is 0 Å². The summed E-state index contributed by atoms with van der Waals surface area (Å²) in [4.78, 5) is 15.6. The summed E-state index contributed by atoms with van der Waals surface area (Å²) in [6.45, 7) is 6.90. The lowest BCUT2D eigenvalue weighted by atomic mass is 10.0. The number of hydrogen-bond donors (Lipinski definition) is 0. The Hall–Kier alpha value is -1.75. The minimum atomic E-state index is 0.394. The highest BCUT2D eigenvalue weighted by atomic mass is 16.5. The first-order valence-electron chi connectivity index (χ1n) is 7.16. The van der Waals surface area contributed by atoms with E-state index < -0.39 is 0 Å². The zero-order chi connectivity index (χ0) is 13.9. The van der Waals surface area contributed by atoms with E-state index in [9.17, 15) is 0 Å². The summed E-state index contributed by atoms with van der Waals surface area (Å²) in [5.41, 5.74) is 1.55. The van der Waals surface area contributed by atoms with Gasteiger partial charge in [-0.3, -0.25) is 4.98 Å². The summed E-state index contributed by atoms with van der Waals surface area (Å²) in [6, 6.07) is 4.42. The van der Waals surface area contributed by atoms with Crippen molar-refractivity contribution < 1.29 is 4.74 Å². The maximum absolute atomic E-state index is 5.62. The Balaban J connectivity index is 1.90. The van der Waals surface area contributed by atoms with Crippen molar-refractivity contribution in [2.75, 3.05) is 24.7 Å². The van der Waals surface area contributed by atoms with Crippen molar-refractivity contribution in [2.45, 2.75) is 26.3 Å². The predicted molar refractivity (Wildman–Crippen MR) is 78.7 cm³/mol. The molecule has 5 nitrogen and oxygen atoms in total. The molecule has 0 spiro atoms. The molecule has 106 valence electrons. The third-order valence-electron chi connectivity index (χ3n) is 3.58. The number of hydrogen-bond acceptors (Lipinski definition) is 5. The van der Waals surface area contributed by atoms with Crippen LogP contribution in [-0.2, 0) is 4.74 Å². The molecule has 0 unspecified atom stereocenters. The zero-order valence-electron chi connectivity index (χ0n) is 12.0. The Kier molecular flexibility index (Phi) is 3.78. The molecule has 0 amide bonds. The Morgan fingerprint density at radius 3 is 3.00 bits per heavy atom. The quantitative estimate of drug-likeness (QED) is 0.858. The molecule has 3 heterocycles. The lowest BCUT2D eigenvalue weighted by Crippen LogP contribution is -2.46. The van der Waals surface area contributed by atoms with Gasteiger partial charge in [-0.1, -0.05) is 13.8 Å². The molecule has 2 aromatic rings. The highest BCUT2D eigenvalue weighted by Crippen LogP contribution is 2.23. The molecule has 0 N–H and O–H groups in total. The van der Waals surface area contributed by atoms with Gasteiger partial charge in [-0.05, 0) is 24.5 Å². The second kappa shape index (κ2) is 5.71. The molecule has 1 fully saturated rings. The minimum Gasteiger partial charge on any atom is -0.377 e. The summed E-state index contributed by atoms with van der Waals surface area (Å²) in [7, 11) is 0. The van der Waals surface area contributed by atoms with Gasteiger partial charge in [-0.2, -0.15) is 0 Å². The number of morpholine rings is 1. The lowest BCUT2D eigenvalue weighted by molar-refractivity contribution is 0.0874. The lowest BCUT2D eigenvalue weighted by Gasteiger charge is -2.37. The van der Waals surface area contributed by atoms with Crippen LogP contribution in [0.15, 0.2) is 24.5 Å². The van der Waals surface area contributed by atoms with Crippen molar-refractivity contribution >= 4 is 17.0 Å². The van der Waals surface area contributed by atoms with Crippen LogP contribution in [-0.4, -0.2) is 40.8 Å². The van der Waals surface area contributed by atoms with Gasteiger partial charge in [-0.25, -0.2) is 9.97 Å². The van der Waals surface area contributed by atoms with E-state index in [-0.39, 0.29) is 0 Å². The molecule has 0 radical (unpaired) electrons. The molecule has 1 aliphatic heterocycles. The molecular formula is C15H20N4O. The first-order valence-corrected chi connectivity index (χ1v) is 7.16. The monoisotopic (exact) mass is 272 g/mol. The van der Waals surface area contributed by atoms with E-state index in [2.05, 4.69) is 33.7 Å². The topological polar surface area (TPSA) is 51.1 Å².